The van der Waals surface area contributed by atoms with Crippen LogP contribution in [0.2, 0.25) is 0 Å². The summed E-state index contributed by atoms with van der Waals surface area (Å²) in [5, 5.41) is 0. The van der Waals surface area contributed by atoms with Crippen LogP contribution in [0.25, 0.3) is 0 Å². The van der Waals surface area contributed by atoms with E-state index in [0.29, 0.717) is 11.4 Å². The van der Waals surface area contributed by atoms with E-state index in [-0.39, 0.29) is 0 Å². The fourth-order valence-corrected chi connectivity index (χ4v) is 4.04. The van der Waals surface area contributed by atoms with Gasteiger partial charge in [-0.15, -0.1) is 0 Å². The Morgan fingerprint density at radius 1 is 1.05 bits per heavy atom. The van der Waals surface area contributed by atoms with Crippen molar-refractivity contribution in [2.45, 2.75) is 25.3 Å². The lowest BCUT2D eigenvalue weighted by atomic mass is 10.1. The van der Waals surface area contributed by atoms with Crippen LogP contribution in [0, 0.1) is 13.8 Å². The van der Waals surface area contributed by atoms with Crippen molar-refractivity contribution in [2.75, 3.05) is 7.05 Å². The molecule has 0 saturated carbocycles. The minimum absolute atomic E-state index is 0.341. The molecule has 112 valence electrons. The van der Waals surface area contributed by atoms with Gasteiger partial charge < -0.3 is 0 Å². The van der Waals surface area contributed by atoms with Crippen LogP contribution < -0.4 is 0 Å². The highest BCUT2D eigenvalue weighted by atomic mass is 79.9. The van der Waals surface area contributed by atoms with Crippen molar-refractivity contribution in [1.29, 1.82) is 0 Å². The molecule has 2 aromatic carbocycles. The Labute approximate surface area is 134 Å². The van der Waals surface area contributed by atoms with Crippen molar-refractivity contribution in [3.63, 3.8) is 0 Å². The third-order valence-corrected chi connectivity index (χ3v) is 5.93. The third-order valence-electron chi connectivity index (χ3n) is 3.49. The molecule has 2 rings (SSSR count). The smallest absolute Gasteiger partial charge is 0.207 e. The molecule has 0 atom stereocenters. The zero-order valence-electron chi connectivity index (χ0n) is 12.3. The van der Waals surface area contributed by atoms with Gasteiger partial charge in [-0.1, -0.05) is 46.3 Å². The van der Waals surface area contributed by atoms with E-state index < -0.39 is 10.0 Å². The van der Waals surface area contributed by atoms with Crippen LogP contribution in [0.1, 0.15) is 16.7 Å². The second-order valence-electron chi connectivity index (χ2n) is 5.10. The lowest BCUT2D eigenvalue weighted by molar-refractivity contribution is 0.465. The molecule has 5 heteroatoms. The summed E-state index contributed by atoms with van der Waals surface area (Å²) in [5.74, 6) is 0. The maximum absolute atomic E-state index is 12.7. The SMILES string of the molecule is Cc1ccccc1CN(C)S(=O)(=O)c1cc(Br)ccc1C. The number of halogens is 1. The normalized spacial score (nSPS) is 11.9. The van der Waals surface area contributed by atoms with Crippen LogP contribution in [0.15, 0.2) is 51.8 Å². The summed E-state index contributed by atoms with van der Waals surface area (Å²) < 4.78 is 27.6. The molecule has 0 aliphatic rings. The topological polar surface area (TPSA) is 37.4 Å². The standard InChI is InChI=1S/C16H18BrNO2S/c1-12-6-4-5-7-14(12)11-18(3)21(19,20)16-10-15(17)9-8-13(16)2/h4-10H,11H2,1-3H3. The van der Waals surface area contributed by atoms with Crippen molar-refractivity contribution < 1.29 is 8.42 Å². The second-order valence-corrected chi connectivity index (χ2v) is 8.03. The number of benzene rings is 2. The Morgan fingerprint density at radius 3 is 2.38 bits per heavy atom. The first-order valence-electron chi connectivity index (χ1n) is 6.59. The molecule has 0 amide bonds. The summed E-state index contributed by atoms with van der Waals surface area (Å²) in [6, 6.07) is 13.1. The first kappa shape index (κ1) is 16.2. The summed E-state index contributed by atoms with van der Waals surface area (Å²) in [5.41, 5.74) is 2.84. The summed E-state index contributed by atoms with van der Waals surface area (Å²) >= 11 is 3.33. The van der Waals surface area contributed by atoms with Gasteiger partial charge in [0.25, 0.3) is 0 Å². The number of rotatable bonds is 4. The van der Waals surface area contributed by atoms with Gasteiger partial charge in [0.05, 0.1) is 4.90 Å². The molecule has 0 radical (unpaired) electrons. The van der Waals surface area contributed by atoms with Gasteiger partial charge >= 0.3 is 0 Å². The zero-order chi connectivity index (χ0) is 15.6. The average molecular weight is 368 g/mol. The lowest BCUT2D eigenvalue weighted by Crippen LogP contribution is -2.27. The fourth-order valence-electron chi connectivity index (χ4n) is 2.13. The van der Waals surface area contributed by atoms with Gasteiger partial charge in [0.15, 0.2) is 0 Å². The van der Waals surface area contributed by atoms with Crippen molar-refractivity contribution in [1.82, 2.24) is 4.31 Å². The number of sulfonamides is 1. The van der Waals surface area contributed by atoms with E-state index in [1.807, 2.05) is 37.3 Å². The monoisotopic (exact) mass is 367 g/mol. The van der Waals surface area contributed by atoms with Gasteiger partial charge in [-0.2, -0.15) is 4.31 Å². The molecule has 3 nitrogen and oxygen atoms in total. The van der Waals surface area contributed by atoms with Gasteiger partial charge in [-0.05, 0) is 42.7 Å². The summed E-state index contributed by atoms with van der Waals surface area (Å²) in [6.45, 7) is 4.15. The quantitative estimate of drug-likeness (QED) is 0.821. The Kier molecular flexibility index (Phi) is 4.86. The van der Waals surface area contributed by atoms with Gasteiger partial charge in [0.2, 0.25) is 10.0 Å². The van der Waals surface area contributed by atoms with Crippen molar-refractivity contribution in [3.8, 4) is 0 Å². The molecule has 0 aliphatic carbocycles. The number of aryl methyl sites for hydroxylation is 2. The molecule has 0 fully saturated rings. The Balaban J connectivity index is 2.35. The predicted octanol–water partition coefficient (Wildman–Crippen LogP) is 3.89. The zero-order valence-corrected chi connectivity index (χ0v) is 14.7. The highest BCUT2D eigenvalue weighted by Gasteiger charge is 2.23. The Morgan fingerprint density at radius 2 is 1.71 bits per heavy atom. The Hall–Kier alpha value is -1.17. The van der Waals surface area contributed by atoms with Crippen LogP contribution in [-0.2, 0) is 16.6 Å². The van der Waals surface area contributed by atoms with Crippen LogP contribution in [-0.4, -0.2) is 19.8 Å². The van der Waals surface area contributed by atoms with Gasteiger partial charge in [0.1, 0.15) is 0 Å². The van der Waals surface area contributed by atoms with Crippen LogP contribution in [0.3, 0.4) is 0 Å². The summed E-state index contributed by atoms with van der Waals surface area (Å²) in [7, 11) is -1.89. The molecular formula is C16H18BrNO2S. The van der Waals surface area contributed by atoms with Gasteiger partial charge in [-0.25, -0.2) is 8.42 Å². The molecule has 21 heavy (non-hydrogen) atoms. The van der Waals surface area contributed by atoms with E-state index >= 15 is 0 Å². The molecule has 0 saturated heterocycles. The van der Waals surface area contributed by atoms with E-state index in [4.69, 9.17) is 0 Å². The summed E-state index contributed by atoms with van der Waals surface area (Å²) in [4.78, 5) is 0.341. The van der Waals surface area contributed by atoms with Crippen molar-refractivity contribution in [3.05, 3.63) is 63.6 Å². The molecule has 0 aromatic heterocycles. The third kappa shape index (κ3) is 3.54. The maximum Gasteiger partial charge on any atom is 0.243 e. The number of hydrogen-bond acceptors (Lipinski definition) is 2. The second kappa shape index (κ2) is 6.30. The fraction of sp³-hybridized carbons (Fsp3) is 0.250. The molecule has 0 heterocycles. The largest absolute Gasteiger partial charge is 0.243 e. The number of hydrogen-bond donors (Lipinski definition) is 0. The number of nitrogens with zero attached hydrogens (tertiary/aromatic N) is 1. The molecular weight excluding hydrogens is 350 g/mol. The Bertz CT molecular complexity index is 757. The summed E-state index contributed by atoms with van der Waals surface area (Å²) in [6.07, 6.45) is 0. The molecule has 2 aromatic rings. The molecule has 0 unspecified atom stereocenters. The van der Waals surface area contributed by atoms with E-state index in [2.05, 4.69) is 15.9 Å². The minimum Gasteiger partial charge on any atom is -0.207 e. The lowest BCUT2D eigenvalue weighted by Gasteiger charge is -2.19. The minimum atomic E-state index is -3.50. The van der Waals surface area contributed by atoms with Crippen molar-refractivity contribution >= 4 is 26.0 Å². The molecule has 0 spiro atoms. The molecule has 0 N–H and O–H groups in total. The van der Waals surface area contributed by atoms with Gasteiger partial charge in [-0.3, -0.25) is 0 Å². The highest BCUT2D eigenvalue weighted by molar-refractivity contribution is 9.10. The predicted molar refractivity (Wildman–Crippen MR) is 88.7 cm³/mol. The molecule has 0 aliphatic heterocycles. The van der Waals surface area contributed by atoms with Crippen LogP contribution in [0.4, 0.5) is 0 Å². The molecule has 0 bridgehead atoms. The van der Waals surface area contributed by atoms with E-state index in [1.165, 1.54) is 4.31 Å². The van der Waals surface area contributed by atoms with E-state index in [1.54, 1.807) is 26.1 Å². The van der Waals surface area contributed by atoms with Crippen LogP contribution in [0.5, 0.6) is 0 Å². The first-order chi connectivity index (χ1) is 9.82. The van der Waals surface area contributed by atoms with E-state index in [9.17, 15) is 8.42 Å². The average Bonchev–Trinajstić information content (AvgIpc) is 2.43. The van der Waals surface area contributed by atoms with Gasteiger partial charge in [0, 0.05) is 18.1 Å². The van der Waals surface area contributed by atoms with E-state index in [0.717, 1.165) is 21.2 Å². The van der Waals surface area contributed by atoms with Crippen molar-refractivity contribution in [2.24, 2.45) is 0 Å². The first-order valence-corrected chi connectivity index (χ1v) is 8.82. The maximum atomic E-state index is 12.7. The highest BCUT2D eigenvalue weighted by Crippen LogP contribution is 2.24. The van der Waals surface area contributed by atoms with Crippen LogP contribution >= 0.6 is 15.9 Å².